The lowest BCUT2D eigenvalue weighted by Crippen LogP contribution is -2.34. The van der Waals surface area contributed by atoms with E-state index < -0.39 is 33.4 Å². The Morgan fingerprint density at radius 2 is 1.86 bits per heavy atom. The zero-order valence-electron chi connectivity index (χ0n) is 23.2. The van der Waals surface area contributed by atoms with E-state index in [2.05, 4.69) is 26.5 Å². The summed E-state index contributed by atoms with van der Waals surface area (Å²) in [5.41, 5.74) is 2.33. The summed E-state index contributed by atoms with van der Waals surface area (Å²) < 4.78 is 23.3. The van der Waals surface area contributed by atoms with Gasteiger partial charge in [0.15, 0.2) is 5.76 Å². The molecule has 0 aliphatic carbocycles. The van der Waals surface area contributed by atoms with Crippen LogP contribution in [0.5, 0.6) is 0 Å². The van der Waals surface area contributed by atoms with Gasteiger partial charge in [0, 0.05) is 52.8 Å². The van der Waals surface area contributed by atoms with Gasteiger partial charge < -0.3 is 19.7 Å². The molecule has 5 rings (SSSR count). The molecule has 43 heavy (non-hydrogen) atoms. The minimum atomic E-state index is -3.47. The molecule has 1 unspecified atom stereocenters. The number of nitrogens with one attached hydrogen (secondary N) is 1. The highest BCUT2D eigenvalue weighted by atomic mass is 32.2. The topological polar surface area (TPSA) is 142 Å². The van der Waals surface area contributed by atoms with E-state index in [1.807, 2.05) is 0 Å². The third-order valence-electron chi connectivity index (χ3n) is 6.70. The smallest absolute Gasteiger partial charge is 0.291 e. The highest BCUT2D eigenvalue weighted by Crippen LogP contribution is 2.19. The molecule has 2 N–H and O–H groups in total. The van der Waals surface area contributed by atoms with Crippen LogP contribution in [0.4, 0.5) is 5.69 Å². The fraction of sp³-hybridized carbons (Fsp3) is 0.188. The van der Waals surface area contributed by atoms with E-state index in [9.17, 15) is 23.7 Å². The van der Waals surface area contributed by atoms with Crippen molar-refractivity contribution in [3.05, 3.63) is 113 Å². The van der Waals surface area contributed by atoms with Gasteiger partial charge in [-0.25, -0.2) is 4.21 Å². The van der Waals surface area contributed by atoms with E-state index in [0.29, 0.717) is 29.8 Å². The summed E-state index contributed by atoms with van der Waals surface area (Å²) in [4.78, 5) is 44.4. The van der Waals surface area contributed by atoms with Gasteiger partial charge >= 0.3 is 0 Å². The first-order valence-electron chi connectivity index (χ1n) is 13.4. The third-order valence-corrected chi connectivity index (χ3v) is 8.81. The second kappa shape index (κ2) is 12.9. The summed E-state index contributed by atoms with van der Waals surface area (Å²) in [6.45, 7) is 2.28. The Bertz CT molecular complexity index is 1860. The van der Waals surface area contributed by atoms with Crippen molar-refractivity contribution < 1.29 is 28.1 Å². The lowest BCUT2D eigenvalue weighted by molar-refractivity contribution is -0.127. The van der Waals surface area contributed by atoms with Crippen LogP contribution in [-0.4, -0.2) is 61.9 Å². The molecule has 4 aromatic rings. The molecule has 0 bridgehead atoms. The highest BCUT2D eigenvalue weighted by molar-refractivity contribution is 7.94. The fourth-order valence-electron chi connectivity index (χ4n) is 4.45. The molecule has 10 nitrogen and oxygen atoms in total. The number of carbonyl (C=O) groups is 3. The van der Waals surface area contributed by atoms with Crippen molar-refractivity contribution in [3.63, 3.8) is 0 Å². The second-order valence-corrected chi connectivity index (χ2v) is 12.2. The summed E-state index contributed by atoms with van der Waals surface area (Å²) in [7, 11) is -3.47. The lowest BCUT2D eigenvalue weighted by atomic mass is 10.1. The van der Waals surface area contributed by atoms with E-state index in [4.69, 9.17) is 4.42 Å². The Labute approximate surface area is 248 Å². The molecule has 0 saturated carbocycles. The molecule has 1 saturated heterocycles. The first-order chi connectivity index (χ1) is 20.7. The number of pyridine rings is 1. The Morgan fingerprint density at radius 1 is 1.07 bits per heavy atom. The number of anilines is 1. The normalized spacial score (nSPS) is 15.6. The molecule has 1 fully saturated rings. The summed E-state index contributed by atoms with van der Waals surface area (Å²) >= 11 is 0. The molecule has 1 aliphatic heterocycles. The summed E-state index contributed by atoms with van der Waals surface area (Å²) in [6.07, 6.45) is 4.04. The SMILES string of the molecule is Cc1ccoc1C(=O)Nc1cccc(C#Cc2cncc(C(=O)N=[S@](=O)(CC(=O)N3CCC(O)C3)c3ccccc3)c2)c1. The summed E-state index contributed by atoms with van der Waals surface area (Å²) in [6, 6.07) is 18.3. The quantitative estimate of drug-likeness (QED) is 0.322. The summed E-state index contributed by atoms with van der Waals surface area (Å²) in [5, 5.41) is 12.6. The van der Waals surface area contributed by atoms with Gasteiger partial charge in [-0.3, -0.25) is 19.4 Å². The monoisotopic (exact) mass is 596 g/mol. The van der Waals surface area contributed by atoms with Crippen molar-refractivity contribution in [2.75, 3.05) is 24.2 Å². The largest absolute Gasteiger partial charge is 0.459 e. The molecule has 218 valence electrons. The Hall–Kier alpha value is -5.05. The van der Waals surface area contributed by atoms with Crippen molar-refractivity contribution in [1.29, 1.82) is 0 Å². The molecule has 0 spiro atoms. The van der Waals surface area contributed by atoms with Crippen LogP contribution < -0.4 is 5.32 Å². The third kappa shape index (κ3) is 7.24. The number of rotatable bonds is 6. The van der Waals surface area contributed by atoms with Gasteiger partial charge in [-0.2, -0.15) is 4.36 Å². The molecule has 2 aromatic carbocycles. The average molecular weight is 597 g/mol. The zero-order valence-corrected chi connectivity index (χ0v) is 24.0. The lowest BCUT2D eigenvalue weighted by Gasteiger charge is -2.17. The second-order valence-electron chi connectivity index (χ2n) is 9.96. The Kier molecular flexibility index (Phi) is 8.80. The Morgan fingerprint density at radius 3 is 2.58 bits per heavy atom. The number of nitrogens with zero attached hydrogens (tertiary/aromatic N) is 3. The highest BCUT2D eigenvalue weighted by Gasteiger charge is 2.29. The number of aryl methyl sites for hydroxylation is 1. The molecule has 0 radical (unpaired) electrons. The minimum Gasteiger partial charge on any atom is -0.459 e. The van der Waals surface area contributed by atoms with Gasteiger partial charge in [0.05, 0.1) is 27.7 Å². The van der Waals surface area contributed by atoms with Crippen LogP contribution in [0.1, 0.15) is 44.0 Å². The number of hydrogen-bond acceptors (Lipinski definition) is 7. The fourth-order valence-corrected chi connectivity index (χ4v) is 6.26. The van der Waals surface area contributed by atoms with Crippen molar-refractivity contribution in [1.82, 2.24) is 9.88 Å². The van der Waals surface area contributed by atoms with Gasteiger partial charge in [0.25, 0.3) is 11.8 Å². The maximum absolute atomic E-state index is 14.0. The molecular weight excluding hydrogens is 568 g/mol. The van der Waals surface area contributed by atoms with Crippen LogP contribution >= 0.6 is 0 Å². The van der Waals surface area contributed by atoms with E-state index in [1.54, 1.807) is 67.6 Å². The van der Waals surface area contributed by atoms with Gasteiger partial charge in [0.2, 0.25) is 5.91 Å². The van der Waals surface area contributed by atoms with Crippen molar-refractivity contribution in [2.24, 2.45) is 4.36 Å². The van der Waals surface area contributed by atoms with Crippen molar-refractivity contribution >= 4 is 33.1 Å². The predicted molar refractivity (Wildman–Crippen MR) is 160 cm³/mol. The maximum Gasteiger partial charge on any atom is 0.291 e. The molecule has 3 amide bonds. The van der Waals surface area contributed by atoms with Crippen LogP contribution in [0.15, 0.2) is 99.1 Å². The average Bonchev–Trinajstić information content (AvgIpc) is 3.65. The molecule has 1 aliphatic rings. The van der Waals surface area contributed by atoms with E-state index >= 15 is 0 Å². The molecule has 3 heterocycles. The number of likely N-dealkylation sites (tertiary alicyclic amines) is 1. The number of carbonyl (C=O) groups excluding carboxylic acids is 3. The number of aromatic nitrogens is 1. The number of furan rings is 1. The van der Waals surface area contributed by atoms with Gasteiger partial charge in [0.1, 0.15) is 5.75 Å². The van der Waals surface area contributed by atoms with E-state index in [-0.39, 0.29) is 28.7 Å². The number of amides is 3. The van der Waals surface area contributed by atoms with Crippen molar-refractivity contribution in [3.8, 4) is 11.8 Å². The number of hydrogen-bond donors (Lipinski definition) is 2. The summed E-state index contributed by atoms with van der Waals surface area (Å²) in [5.74, 6) is 4.05. The van der Waals surface area contributed by atoms with Crippen LogP contribution in [0.25, 0.3) is 0 Å². The predicted octanol–water partition coefficient (Wildman–Crippen LogP) is 3.90. The first kappa shape index (κ1) is 29.4. The van der Waals surface area contributed by atoms with Gasteiger partial charge in [-0.05, 0) is 55.8 Å². The van der Waals surface area contributed by atoms with Crippen LogP contribution in [-0.2, 0) is 14.5 Å². The molecule has 2 atom stereocenters. The number of aliphatic hydroxyl groups excluding tert-OH is 1. The number of aliphatic hydroxyl groups is 1. The maximum atomic E-state index is 14.0. The molecule has 2 aromatic heterocycles. The van der Waals surface area contributed by atoms with Crippen LogP contribution in [0.2, 0.25) is 0 Å². The molecular formula is C32H28N4O6S. The standard InChI is InChI=1S/C32H28N4O6S/c1-22-13-15-42-30(22)32(40)34-26-7-5-6-23(17-26)10-11-24-16-25(19-33-18-24)31(39)35-43(41,28-8-3-2-4-9-28)21-29(38)36-14-12-27(37)20-36/h2-9,13,15-19,27,37H,12,14,20-21H2,1H3,(H,34,40)/t27?,43-/m0/s1. The molecule has 11 heteroatoms. The number of β-amino-alcohol motifs (C(OH)–C–C–N with tert-alkyl or cyclic N) is 1. The Balaban J connectivity index is 1.36. The van der Waals surface area contributed by atoms with E-state index in [0.717, 1.165) is 5.56 Å². The van der Waals surface area contributed by atoms with Crippen molar-refractivity contribution in [2.45, 2.75) is 24.3 Å². The van der Waals surface area contributed by atoms with E-state index in [1.165, 1.54) is 29.6 Å². The first-order valence-corrected chi connectivity index (χ1v) is 15.1. The van der Waals surface area contributed by atoms with Gasteiger partial charge in [-0.15, -0.1) is 0 Å². The zero-order chi connectivity index (χ0) is 30.4. The van der Waals surface area contributed by atoms with Crippen LogP contribution in [0, 0.1) is 18.8 Å². The number of benzene rings is 2. The van der Waals surface area contributed by atoms with Gasteiger partial charge in [-0.1, -0.05) is 36.1 Å². The minimum absolute atomic E-state index is 0.0642. The van der Waals surface area contributed by atoms with Crippen LogP contribution in [0.3, 0.4) is 0 Å².